The van der Waals surface area contributed by atoms with Crippen LogP contribution >= 0.6 is 15.9 Å². The van der Waals surface area contributed by atoms with Crippen LogP contribution in [0.15, 0.2) is 21.1 Å². The minimum atomic E-state index is -0.334. The molecular weight excluding hydrogens is 387 g/mol. The molecule has 1 aromatic carbocycles. The van der Waals surface area contributed by atoms with Crippen LogP contribution in [0.2, 0.25) is 0 Å². The second kappa shape index (κ2) is 6.37. The van der Waals surface area contributed by atoms with E-state index >= 15 is 0 Å². The standard InChI is InChI=1S/C18H18BrFN4O/c1-10-13-8-12(19)9-14(20)16(13)22-17(24-6-4-3-5-7-24)15(10)18-21-11(2)23-25-18/h8-9H,3-7H2,1-2H3. The van der Waals surface area contributed by atoms with E-state index < -0.39 is 0 Å². The first-order chi connectivity index (χ1) is 12.0. The first kappa shape index (κ1) is 16.4. The van der Waals surface area contributed by atoms with E-state index in [9.17, 15) is 4.39 Å². The van der Waals surface area contributed by atoms with Crippen LogP contribution in [0.4, 0.5) is 10.2 Å². The lowest BCUT2D eigenvalue weighted by atomic mass is 10.0. The molecule has 3 heterocycles. The van der Waals surface area contributed by atoms with Crippen LogP contribution in [0.25, 0.3) is 22.4 Å². The van der Waals surface area contributed by atoms with E-state index in [1.54, 1.807) is 6.92 Å². The van der Waals surface area contributed by atoms with Gasteiger partial charge in [0.05, 0.1) is 5.56 Å². The van der Waals surface area contributed by atoms with Gasteiger partial charge in [-0.2, -0.15) is 4.98 Å². The largest absolute Gasteiger partial charge is 0.356 e. The van der Waals surface area contributed by atoms with E-state index in [-0.39, 0.29) is 5.82 Å². The number of pyridine rings is 1. The molecule has 25 heavy (non-hydrogen) atoms. The number of piperidine rings is 1. The van der Waals surface area contributed by atoms with E-state index in [1.807, 2.05) is 13.0 Å². The second-order valence-corrected chi connectivity index (χ2v) is 7.33. The number of anilines is 1. The van der Waals surface area contributed by atoms with E-state index in [4.69, 9.17) is 4.52 Å². The quantitative estimate of drug-likeness (QED) is 0.614. The highest BCUT2D eigenvalue weighted by molar-refractivity contribution is 9.10. The SMILES string of the molecule is Cc1noc(-c2c(N3CCCCC3)nc3c(F)cc(Br)cc3c2C)n1. The molecule has 130 valence electrons. The molecule has 0 atom stereocenters. The van der Waals surface area contributed by atoms with Gasteiger partial charge in [-0.1, -0.05) is 21.1 Å². The van der Waals surface area contributed by atoms with Crippen LogP contribution in [0.1, 0.15) is 30.7 Å². The summed E-state index contributed by atoms with van der Waals surface area (Å²) in [5.74, 6) is 1.40. The Labute approximate surface area is 153 Å². The Kier molecular flexibility index (Phi) is 4.19. The predicted molar refractivity (Wildman–Crippen MR) is 98.2 cm³/mol. The van der Waals surface area contributed by atoms with Crippen LogP contribution in [0, 0.1) is 19.7 Å². The molecular formula is C18H18BrFN4O. The van der Waals surface area contributed by atoms with Gasteiger partial charge in [0.2, 0.25) is 0 Å². The molecule has 7 heteroatoms. The van der Waals surface area contributed by atoms with Crippen molar-refractivity contribution in [3.05, 3.63) is 33.8 Å². The third-order valence-electron chi connectivity index (χ3n) is 4.65. The third-order valence-corrected chi connectivity index (χ3v) is 5.10. The van der Waals surface area contributed by atoms with Crippen molar-refractivity contribution in [3.63, 3.8) is 0 Å². The average Bonchev–Trinajstić information content (AvgIpc) is 3.02. The zero-order valence-corrected chi connectivity index (χ0v) is 15.7. The number of fused-ring (bicyclic) bond motifs is 1. The highest BCUT2D eigenvalue weighted by atomic mass is 79.9. The van der Waals surface area contributed by atoms with E-state index in [1.165, 1.54) is 12.5 Å². The van der Waals surface area contributed by atoms with Gasteiger partial charge in [-0.15, -0.1) is 0 Å². The molecule has 0 radical (unpaired) electrons. The Morgan fingerprint density at radius 1 is 1.12 bits per heavy atom. The summed E-state index contributed by atoms with van der Waals surface area (Å²) in [6.07, 6.45) is 3.41. The van der Waals surface area contributed by atoms with Crippen molar-refractivity contribution in [2.75, 3.05) is 18.0 Å². The minimum Gasteiger partial charge on any atom is -0.356 e. The molecule has 1 saturated heterocycles. The van der Waals surface area contributed by atoms with Crippen molar-refractivity contribution in [1.82, 2.24) is 15.1 Å². The molecule has 3 aromatic rings. The number of nitrogens with zero attached hydrogens (tertiary/aromatic N) is 4. The molecule has 1 aliphatic heterocycles. The van der Waals surface area contributed by atoms with Crippen LogP contribution < -0.4 is 4.90 Å². The lowest BCUT2D eigenvalue weighted by Gasteiger charge is -2.30. The molecule has 1 fully saturated rings. The highest BCUT2D eigenvalue weighted by Crippen LogP contribution is 2.38. The highest BCUT2D eigenvalue weighted by Gasteiger charge is 2.25. The van der Waals surface area contributed by atoms with Gasteiger partial charge in [-0.25, -0.2) is 9.37 Å². The number of rotatable bonds is 2. The first-order valence-electron chi connectivity index (χ1n) is 8.39. The second-order valence-electron chi connectivity index (χ2n) is 6.41. The summed E-state index contributed by atoms with van der Waals surface area (Å²) in [7, 11) is 0. The summed E-state index contributed by atoms with van der Waals surface area (Å²) < 4.78 is 20.7. The Morgan fingerprint density at radius 2 is 1.88 bits per heavy atom. The van der Waals surface area contributed by atoms with Gasteiger partial charge < -0.3 is 9.42 Å². The predicted octanol–water partition coefficient (Wildman–Crippen LogP) is 4.79. The van der Waals surface area contributed by atoms with Crippen LogP contribution in [0.3, 0.4) is 0 Å². The lowest BCUT2D eigenvalue weighted by Crippen LogP contribution is -2.31. The number of aromatic nitrogens is 3. The fraction of sp³-hybridized carbons (Fsp3) is 0.389. The van der Waals surface area contributed by atoms with Crippen molar-refractivity contribution < 1.29 is 8.91 Å². The van der Waals surface area contributed by atoms with Gasteiger partial charge in [-0.05, 0) is 50.8 Å². The smallest absolute Gasteiger partial charge is 0.261 e. The molecule has 0 aliphatic carbocycles. The molecule has 0 unspecified atom stereocenters. The zero-order chi connectivity index (χ0) is 17.6. The van der Waals surface area contributed by atoms with Gasteiger partial charge in [0.15, 0.2) is 11.6 Å². The molecule has 0 saturated carbocycles. The van der Waals surface area contributed by atoms with Gasteiger partial charge in [0.25, 0.3) is 5.89 Å². The van der Waals surface area contributed by atoms with Gasteiger partial charge in [-0.3, -0.25) is 0 Å². The number of hydrogen-bond acceptors (Lipinski definition) is 5. The molecule has 2 aromatic heterocycles. The Hall–Kier alpha value is -2.02. The molecule has 1 aliphatic rings. The summed E-state index contributed by atoms with van der Waals surface area (Å²) in [5.41, 5.74) is 2.07. The zero-order valence-electron chi connectivity index (χ0n) is 14.1. The summed E-state index contributed by atoms with van der Waals surface area (Å²) in [6, 6.07) is 3.33. The van der Waals surface area contributed by atoms with Gasteiger partial charge in [0.1, 0.15) is 11.3 Å². The Morgan fingerprint density at radius 3 is 2.56 bits per heavy atom. The summed E-state index contributed by atoms with van der Waals surface area (Å²) in [4.78, 5) is 11.3. The van der Waals surface area contributed by atoms with Crippen LogP contribution in [0.5, 0.6) is 0 Å². The van der Waals surface area contributed by atoms with Crippen molar-refractivity contribution >= 4 is 32.7 Å². The van der Waals surface area contributed by atoms with E-state index in [0.29, 0.717) is 21.7 Å². The number of hydrogen-bond donors (Lipinski definition) is 0. The minimum absolute atomic E-state index is 0.334. The van der Waals surface area contributed by atoms with Gasteiger partial charge >= 0.3 is 0 Å². The molecule has 0 amide bonds. The number of benzene rings is 1. The lowest BCUT2D eigenvalue weighted by molar-refractivity contribution is 0.425. The van der Waals surface area contributed by atoms with Gasteiger partial charge in [0, 0.05) is 22.9 Å². The maximum atomic E-state index is 14.6. The monoisotopic (exact) mass is 404 g/mol. The normalized spacial score (nSPS) is 15.1. The van der Waals surface area contributed by atoms with E-state index in [2.05, 4.69) is 36.0 Å². The van der Waals surface area contributed by atoms with Crippen molar-refractivity contribution in [3.8, 4) is 11.5 Å². The molecule has 0 bridgehead atoms. The molecule has 5 nitrogen and oxygen atoms in total. The fourth-order valence-corrected chi connectivity index (χ4v) is 3.85. The number of halogens is 2. The van der Waals surface area contributed by atoms with Crippen LogP contribution in [-0.4, -0.2) is 28.2 Å². The third kappa shape index (κ3) is 2.90. The summed E-state index contributed by atoms with van der Waals surface area (Å²) in [6.45, 7) is 5.54. The average molecular weight is 405 g/mol. The van der Waals surface area contributed by atoms with E-state index in [0.717, 1.165) is 48.3 Å². The molecule has 0 spiro atoms. The Balaban J connectivity index is 2.03. The van der Waals surface area contributed by atoms with Crippen molar-refractivity contribution in [2.45, 2.75) is 33.1 Å². The number of aryl methyl sites for hydroxylation is 2. The van der Waals surface area contributed by atoms with Crippen molar-refractivity contribution in [1.29, 1.82) is 0 Å². The first-order valence-corrected chi connectivity index (χ1v) is 9.19. The summed E-state index contributed by atoms with van der Waals surface area (Å²) >= 11 is 3.37. The van der Waals surface area contributed by atoms with Crippen molar-refractivity contribution in [2.24, 2.45) is 0 Å². The topological polar surface area (TPSA) is 55.1 Å². The maximum absolute atomic E-state index is 14.6. The Bertz CT molecular complexity index is 950. The van der Waals surface area contributed by atoms with Crippen LogP contribution in [-0.2, 0) is 0 Å². The summed E-state index contributed by atoms with van der Waals surface area (Å²) in [5, 5.41) is 4.67. The maximum Gasteiger partial charge on any atom is 0.261 e. The molecule has 4 rings (SSSR count). The fourth-order valence-electron chi connectivity index (χ4n) is 3.42. The molecule has 0 N–H and O–H groups in total.